The van der Waals surface area contributed by atoms with E-state index < -0.39 is 0 Å². The average molecular weight is 342 g/mol. The van der Waals surface area contributed by atoms with E-state index in [0.717, 1.165) is 23.3 Å². The third kappa shape index (κ3) is 3.96. The topological polar surface area (TPSA) is 28.7 Å². The Labute approximate surface area is 155 Å². The molecule has 2 heteroatoms. The number of nitrogens with zero attached hydrogens (tertiary/aromatic N) is 1. The van der Waals surface area contributed by atoms with Gasteiger partial charge in [0.2, 0.25) is 0 Å². The maximum absolute atomic E-state index is 4.66. The SMILES string of the molecule is c1ccc2c(CCCCCCCc3nc4ccccc4[nH]3)cccc2c1. The van der Waals surface area contributed by atoms with Crippen LogP contribution in [0, 0.1) is 0 Å². The number of imidazole rings is 1. The summed E-state index contributed by atoms with van der Waals surface area (Å²) in [4.78, 5) is 8.08. The Balaban J connectivity index is 1.18. The van der Waals surface area contributed by atoms with Crippen molar-refractivity contribution in [1.82, 2.24) is 9.97 Å². The van der Waals surface area contributed by atoms with E-state index in [9.17, 15) is 0 Å². The highest BCUT2D eigenvalue weighted by Crippen LogP contribution is 2.21. The maximum atomic E-state index is 4.66. The lowest BCUT2D eigenvalue weighted by molar-refractivity contribution is 0.609. The molecular weight excluding hydrogens is 316 g/mol. The minimum Gasteiger partial charge on any atom is -0.342 e. The zero-order valence-electron chi connectivity index (χ0n) is 15.2. The molecule has 0 aliphatic carbocycles. The summed E-state index contributed by atoms with van der Waals surface area (Å²) < 4.78 is 0. The molecular formula is C24H26N2. The number of benzene rings is 3. The molecule has 132 valence electrons. The van der Waals surface area contributed by atoms with Crippen molar-refractivity contribution in [3.05, 3.63) is 78.1 Å². The molecule has 0 spiro atoms. The summed E-state index contributed by atoms with van der Waals surface area (Å²) in [6, 6.07) is 23.7. The van der Waals surface area contributed by atoms with E-state index in [0.29, 0.717) is 0 Å². The van der Waals surface area contributed by atoms with Crippen LogP contribution in [0.15, 0.2) is 66.7 Å². The zero-order chi connectivity index (χ0) is 17.6. The minimum atomic E-state index is 1.05. The predicted molar refractivity (Wildman–Crippen MR) is 111 cm³/mol. The Morgan fingerprint density at radius 2 is 1.38 bits per heavy atom. The van der Waals surface area contributed by atoms with Gasteiger partial charge in [-0.1, -0.05) is 73.9 Å². The molecule has 0 atom stereocenters. The monoisotopic (exact) mass is 342 g/mol. The van der Waals surface area contributed by atoms with Gasteiger partial charge in [0.05, 0.1) is 11.0 Å². The summed E-state index contributed by atoms with van der Waals surface area (Å²) in [5.41, 5.74) is 3.72. The van der Waals surface area contributed by atoms with Crippen molar-refractivity contribution in [2.24, 2.45) is 0 Å². The molecule has 0 fully saturated rings. The van der Waals surface area contributed by atoms with Crippen molar-refractivity contribution in [2.45, 2.75) is 44.9 Å². The zero-order valence-corrected chi connectivity index (χ0v) is 15.2. The Morgan fingerprint density at radius 1 is 0.654 bits per heavy atom. The van der Waals surface area contributed by atoms with Crippen molar-refractivity contribution in [1.29, 1.82) is 0 Å². The van der Waals surface area contributed by atoms with Gasteiger partial charge in [-0.3, -0.25) is 0 Å². The van der Waals surface area contributed by atoms with E-state index in [-0.39, 0.29) is 0 Å². The lowest BCUT2D eigenvalue weighted by atomic mass is 9.99. The molecule has 0 radical (unpaired) electrons. The molecule has 0 bridgehead atoms. The van der Waals surface area contributed by atoms with Gasteiger partial charge in [-0.15, -0.1) is 0 Å². The molecule has 4 rings (SSSR count). The first kappa shape index (κ1) is 16.8. The van der Waals surface area contributed by atoms with Crippen molar-refractivity contribution in [3.8, 4) is 0 Å². The number of unbranched alkanes of at least 4 members (excludes halogenated alkanes) is 4. The van der Waals surface area contributed by atoms with Gasteiger partial charge in [-0.05, 0) is 47.7 Å². The van der Waals surface area contributed by atoms with Crippen LogP contribution < -0.4 is 0 Å². The van der Waals surface area contributed by atoms with E-state index in [1.165, 1.54) is 54.9 Å². The van der Waals surface area contributed by atoms with Crippen LogP contribution in [0.5, 0.6) is 0 Å². The number of hydrogen-bond acceptors (Lipinski definition) is 1. The molecule has 4 aromatic rings. The second kappa shape index (κ2) is 8.18. The number of hydrogen-bond donors (Lipinski definition) is 1. The van der Waals surface area contributed by atoms with Crippen molar-refractivity contribution >= 4 is 21.8 Å². The predicted octanol–water partition coefficient (Wildman–Crippen LogP) is 6.45. The van der Waals surface area contributed by atoms with E-state index in [1.54, 1.807) is 0 Å². The highest BCUT2D eigenvalue weighted by Gasteiger charge is 2.02. The third-order valence-corrected chi connectivity index (χ3v) is 5.18. The summed E-state index contributed by atoms with van der Waals surface area (Å²) in [6.45, 7) is 0. The molecule has 0 saturated heterocycles. The minimum absolute atomic E-state index is 1.05. The molecule has 0 aliphatic rings. The molecule has 2 nitrogen and oxygen atoms in total. The molecule has 1 N–H and O–H groups in total. The lowest BCUT2D eigenvalue weighted by Gasteiger charge is -2.06. The number of rotatable bonds is 8. The number of nitrogens with one attached hydrogen (secondary N) is 1. The van der Waals surface area contributed by atoms with Crippen molar-refractivity contribution in [2.75, 3.05) is 0 Å². The lowest BCUT2D eigenvalue weighted by Crippen LogP contribution is -1.90. The highest BCUT2D eigenvalue weighted by molar-refractivity contribution is 5.85. The van der Waals surface area contributed by atoms with Crippen LogP contribution in [-0.4, -0.2) is 9.97 Å². The molecule has 0 aliphatic heterocycles. The maximum Gasteiger partial charge on any atom is 0.107 e. The number of aryl methyl sites for hydroxylation is 2. The van der Waals surface area contributed by atoms with Crippen LogP contribution in [-0.2, 0) is 12.8 Å². The van der Waals surface area contributed by atoms with Gasteiger partial charge in [-0.2, -0.15) is 0 Å². The standard InChI is InChI=1S/C24H26N2/c1(3-5-18-24-25-22-16-8-9-17-23(22)26-24)2-4-11-19-13-10-14-20-12-6-7-15-21(19)20/h6-10,12-17H,1-5,11,18H2,(H,25,26). The average Bonchev–Trinajstić information content (AvgIpc) is 3.10. The Kier molecular flexibility index (Phi) is 5.30. The number of aromatic amines is 1. The molecule has 0 unspecified atom stereocenters. The number of fused-ring (bicyclic) bond motifs is 2. The normalized spacial score (nSPS) is 11.4. The number of H-pyrrole nitrogens is 1. The van der Waals surface area contributed by atoms with Gasteiger partial charge < -0.3 is 4.98 Å². The third-order valence-electron chi connectivity index (χ3n) is 5.18. The fourth-order valence-electron chi connectivity index (χ4n) is 3.77. The van der Waals surface area contributed by atoms with E-state index in [1.807, 2.05) is 6.07 Å². The summed E-state index contributed by atoms with van der Waals surface area (Å²) in [5.74, 6) is 1.13. The van der Waals surface area contributed by atoms with Gasteiger partial charge in [0.25, 0.3) is 0 Å². The first-order valence-corrected chi connectivity index (χ1v) is 9.80. The Morgan fingerprint density at radius 3 is 2.31 bits per heavy atom. The molecule has 0 amide bonds. The molecule has 1 aromatic heterocycles. The van der Waals surface area contributed by atoms with Crippen molar-refractivity contribution in [3.63, 3.8) is 0 Å². The smallest absolute Gasteiger partial charge is 0.107 e. The first-order valence-electron chi connectivity index (χ1n) is 9.80. The van der Waals surface area contributed by atoms with Gasteiger partial charge >= 0.3 is 0 Å². The Bertz CT molecular complexity index is 945. The van der Waals surface area contributed by atoms with Crippen molar-refractivity contribution < 1.29 is 0 Å². The Hall–Kier alpha value is -2.61. The van der Waals surface area contributed by atoms with E-state index in [4.69, 9.17) is 0 Å². The van der Waals surface area contributed by atoms with Gasteiger partial charge in [0, 0.05) is 6.42 Å². The van der Waals surface area contributed by atoms with Crippen LogP contribution in [0.2, 0.25) is 0 Å². The fraction of sp³-hybridized carbons (Fsp3) is 0.292. The number of aromatic nitrogens is 2. The quantitative estimate of drug-likeness (QED) is 0.366. The van der Waals surface area contributed by atoms with Crippen LogP contribution in [0.1, 0.15) is 43.5 Å². The van der Waals surface area contributed by atoms with Crippen LogP contribution >= 0.6 is 0 Å². The van der Waals surface area contributed by atoms with Gasteiger partial charge in [0.15, 0.2) is 0 Å². The molecule has 3 aromatic carbocycles. The largest absolute Gasteiger partial charge is 0.342 e. The summed E-state index contributed by atoms with van der Waals surface area (Å²) in [5, 5.41) is 2.77. The molecule has 26 heavy (non-hydrogen) atoms. The summed E-state index contributed by atoms with van der Waals surface area (Å²) in [7, 11) is 0. The van der Waals surface area contributed by atoms with Crippen LogP contribution in [0.4, 0.5) is 0 Å². The van der Waals surface area contributed by atoms with Crippen LogP contribution in [0.3, 0.4) is 0 Å². The van der Waals surface area contributed by atoms with Gasteiger partial charge in [0.1, 0.15) is 5.82 Å². The second-order valence-electron chi connectivity index (χ2n) is 7.11. The summed E-state index contributed by atoms with van der Waals surface area (Å²) >= 11 is 0. The first-order chi connectivity index (χ1) is 12.9. The van der Waals surface area contributed by atoms with Gasteiger partial charge in [-0.25, -0.2) is 4.98 Å². The van der Waals surface area contributed by atoms with E-state index in [2.05, 4.69) is 70.6 Å². The molecule has 1 heterocycles. The van der Waals surface area contributed by atoms with E-state index >= 15 is 0 Å². The molecule has 0 saturated carbocycles. The highest BCUT2D eigenvalue weighted by atomic mass is 14.9. The second-order valence-corrected chi connectivity index (χ2v) is 7.11. The van der Waals surface area contributed by atoms with Crippen LogP contribution in [0.25, 0.3) is 21.8 Å². The summed E-state index contributed by atoms with van der Waals surface area (Å²) in [6.07, 6.45) is 8.64. The fourth-order valence-corrected chi connectivity index (χ4v) is 3.77. The number of para-hydroxylation sites is 2.